The Morgan fingerprint density at radius 2 is 1.11 bits per heavy atom. The van der Waals surface area contributed by atoms with Crippen LogP contribution in [0, 0.1) is 47.3 Å². The highest BCUT2D eigenvalue weighted by Crippen LogP contribution is 2.54. The highest BCUT2D eigenvalue weighted by atomic mass is 16.2. The van der Waals surface area contributed by atoms with Crippen molar-refractivity contribution in [3.8, 4) is 0 Å². The van der Waals surface area contributed by atoms with Gasteiger partial charge in [0.1, 0.15) is 0 Å². The number of amides is 4. The normalized spacial score (nSPS) is 47.0. The smallest absolute Gasteiger partial charge is 0.234 e. The van der Waals surface area contributed by atoms with Crippen LogP contribution in [0.3, 0.4) is 0 Å². The van der Waals surface area contributed by atoms with Crippen LogP contribution >= 0.6 is 0 Å². The van der Waals surface area contributed by atoms with Crippen molar-refractivity contribution >= 4 is 23.6 Å². The zero-order valence-electron chi connectivity index (χ0n) is 15.2. The molecule has 2 aliphatic heterocycles. The van der Waals surface area contributed by atoms with Crippen LogP contribution < -0.4 is 0 Å². The van der Waals surface area contributed by atoms with Crippen LogP contribution in [0.2, 0.25) is 0 Å². The van der Waals surface area contributed by atoms with Crippen molar-refractivity contribution in [2.45, 2.75) is 25.8 Å². The number of hydrogen-bond donors (Lipinski definition) is 0. The molecule has 0 spiro atoms. The monoisotopic (exact) mass is 366 g/mol. The fraction of sp³-hybridized carbons (Fsp3) is 0.619. The zero-order valence-corrected chi connectivity index (χ0v) is 15.2. The van der Waals surface area contributed by atoms with E-state index < -0.39 is 6.04 Å². The van der Waals surface area contributed by atoms with E-state index in [2.05, 4.69) is 24.3 Å². The summed E-state index contributed by atoms with van der Waals surface area (Å²) in [5, 5.41) is 0. The molecule has 2 heterocycles. The van der Waals surface area contributed by atoms with E-state index in [4.69, 9.17) is 0 Å². The molecular formula is C21H22N2O4. The third-order valence-corrected chi connectivity index (χ3v) is 7.95. The summed E-state index contributed by atoms with van der Waals surface area (Å²) in [6, 6.07) is -0.465. The molecule has 27 heavy (non-hydrogen) atoms. The van der Waals surface area contributed by atoms with Gasteiger partial charge in [-0.15, -0.1) is 0 Å². The fourth-order valence-corrected chi connectivity index (χ4v) is 6.85. The molecule has 2 saturated carbocycles. The Morgan fingerprint density at radius 3 is 1.52 bits per heavy atom. The van der Waals surface area contributed by atoms with Crippen LogP contribution in [0.5, 0.6) is 0 Å². The number of nitrogens with zero attached hydrogens (tertiary/aromatic N) is 2. The summed E-state index contributed by atoms with van der Waals surface area (Å²) in [7, 11) is 0. The summed E-state index contributed by atoms with van der Waals surface area (Å²) in [5.41, 5.74) is 0. The van der Waals surface area contributed by atoms with Gasteiger partial charge >= 0.3 is 0 Å². The van der Waals surface area contributed by atoms with Gasteiger partial charge in [-0.1, -0.05) is 24.3 Å². The summed E-state index contributed by atoms with van der Waals surface area (Å²) < 4.78 is 0. The summed E-state index contributed by atoms with van der Waals surface area (Å²) in [6.45, 7) is 1.91. The number of likely N-dealkylation sites (tertiary alicyclic amines) is 2. The molecule has 2 saturated heterocycles. The van der Waals surface area contributed by atoms with Crippen LogP contribution in [-0.4, -0.2) is 46.0 Å². The van der Waals surface area contributed by atoms with E-state index in [1.165, 1.54) is 9.80 Å². The minimum atomic E-state index is -0.465. The standard InChI is InChI=1S/C21H22N2O4/c1-9(23-20(26)16-12-4-5-13(7-12)17(16)21(23)27)8-22-18(24)14-10-2-3-11(6-10)15(14)19(22)25/h2-5,9-17H,6-8H2,1H3. The Morgan fingerprint density at radius 1 is 0.741 bits per heavy atom. The number of carbonyl (C=O) groups excluding carboxylic acids is 4. The van der Waals surface area contributed by atoms with Crippen molar-refractivity contribution in [2.75, 3.05) is 6.54 Å². The van der Waals surface area contributed by atoms with E-state index in [0.29, 0.717) is 0 Å². The molecule has 0 radical (unpaired) electrons. The van der Waals surface area contributed by atoms with E-state index in [9.17, 15) is 19.2 Å². The van der Waals surface area contributed by atoms with Crippen LogP contribution in [0.4, 0.5) is 0 Å². The first-order valence-corrected chi connectivity index (χ1v) is 10.1. The van der Waals surface area contributed by atoms with Gasteiger partial charge in [-0.2, -0.15) is 0 Å². The summed E-state index contributed by atoms with van der Waals surface area (Å²) >= 11 is 0. The summed E-state index contributed by atoms with van der Waals surface area (Å²) in [6.07, 6.45) is 10.1. The van der Waals surface area contributed by atoms with Crippen LogP contribution in [-0.2, 0) is 19.2 Å². The van der Waals surface area contributed by atoms with Gasteiger partial charge in [-0.3, -0.25) is 29.0 Å². The number of imide groups is 2. The Balaban J connectivity index is 1.23. The topological polar surface area (TPSA) is 74.8 Å². The van der Waals surface area contributed by atoms with Gasteiger partial charge in [0, 0.05) is 6.54 Å². The molecule has 0 N–H and O–H groups in total. The second-order valence-electron chi connectivity index (χ2n) is 9.18. The van der Waals surface area contributed by atoms with Gasteiger partial charge in [-0.25, -0.2) is 0 Å². The van der Waals surface area contributed by atoms with Gasteiger partial charge in [-0.05, 0) is 43.4 Å². The largest absolute Gasteiger partial charge is 0.280 e. The van der Waals surface area contributed by atoms with Crippen molar-refractivity contribution in [1.82, 2.24) is 9.80 Å². The average molecular weight is 366 g/mol. The van der Waals surface area contributed by atoms with Crippen LogP contribution in [0.15, 0.2) is 24.3 Å². The van der Waals surface area contributed by atoms with Gasteiger partial charge in [0.25, 0.3) is 0 Å². The van der Waals surface area contributed by atoms with E-state index in [0.717, 1.165) is 12.8 Å². The maximum absolute atomic E-state index is 12.9. The highest BCUT2D eigenvalue weighted by Gasteiger charge is 2.62. The Hall–Kier alpha value is -2.24. The first-order chi connectivity index (χ1) is 13.0. The molecule has 6 heteroatoms. The molecule has 4 aliphatic carbocycles. The Kier molecular flexibility index (Phi) is 2.91. The lowest BCUT2D eigenvalue weighted by atomic mass is 9.85. The first-order valence-electron chi connectivity index (χ1n) is 10.1. The SMILES string of the molecule is CC(CN1C(=O)C2C3C=CC(C3)C2C1=O)N1C(=O)C2C3C=CC(C3)C2C1=O. The molecule has 6 aliphatic rings. The van der Waals surface area contributed by atoms with Crippen LogP contribution in [0.25, 0.3) is 0 Å². The van der Waals surface area contributed by atoms with Crippen molar-refractivity contribution < 1.29 is 19.2 Å². The van der Waals surface area contributed by atoms with Crippen molar-refractivity contribution in [1.29, 1.82) is 0 Å². The van der Waals surface area contributed by atoms with Crippen LogP contribution in [0.1, 0.15) is 19.8 Å². The molecule has 0 aromatic carbocycles. The molecule has 9 atom stereocenters. The third-order valence-electron chi connectivity index (χ3n) is 7.95. The number of allylic oxidation sites excluding steroid dienone is 4. The van der Waals surface area contributed by atoms with E-state index in [-0.39, 0.29) is 77.5 Å². The van der Waals surface area contributed by atoms with Crippen molar-refractivity contribution in [2.24, 2.45) is 47.3 Å². The Bertz CT molecular complexity index is 800. The maximum Gasteiger partial charge on any atom is 0.234 e. The third kappa shape index (κ3) is 1.77. The lowest BCUT2D eigenvalue weighted by Crippen LogP contribution is -2.48. The number of rotatable bonds is 3. The number of fused-ring (bicyclic) bond motifs is 10. The lowest BCUT2D eigenvalue weighted by molar-refractivity contribution is -0.148. The Labute approximate surface area is 157 Å². The molecule has 4 bridgehead atoms. The minimum absolute atomic E-state index is 0.115. The highest BCUT2D eigenvalue weighted by molar-refractivity contribution is 6.08. The van der Waals surface area contributed by atoms with Crippen molar-refractivity contribution in [3.63, 3.8) is 0 Å². The summed E-state index contributed by atoms with van der Waals surface area (Å²) in [5.74, 6) is -0.711. The van der Waals surface area contributed by atoms with E-state index in [1.807, 2.05) is 0 Å². The second-order valence-corrected chi connectivity index (χ2v) is 9.18. The molecule has 4 amide bonds. The quantitative estimate of drug-likeness (QED) is 0.551. The predicted molar refractivity (Wildman–Crippen MR) is 93.5 cm³/mol. The number of carbonyl (C=O) groups is 4. The molecule has 0 aromatic heterocycles. The van der Waals surface area contributed by atoms with Crippen molar-refractivity contribution in [3.05, 3.63) is 24.3 Å². The van der Waals surface area contributed by atoms with Gasteiger partial charge in [0.2, 0.25) is 23.6 Å². The van der Waals surface area contributed by atoms with Gasteiger partial charge in [0.05, 0.1) is 29.7 Å². The molecule has 4 fully saturated rings. The molecular weight excluding hydrogens is 344 g/mol. The average Bonchev–Trinajstić information content (AvgIpc) is 3.45. The van der Waals surface area contributed by atoms with E-state index in [1.54, 1.807) is 6.92 Å². The van der Waals surface area contributed by atoms with Gasteiger partial charge in [0.15, 0.2) is 0 Å². The predicted octanol–water partition coefficient (Wildman–Crippen LogP) is 0.989. The molecule has 0 aromatic rings. The zero-order chi connectivity index (χ0) is 18.6. The molecule has 140 valence electrons. The number of hydrogen-bond acceptors (Lipinski definition) is 4. The van der Waals surface area contributed by atoms with Gasteiger partial charge < -0.3 is 0 Å². The molecule has 6 rings (SSSR count). The second kappa shape index (κ2) is 4.97. The first kappa shape index (κ1) is 15.8. The maximum atomic E-state index is 12.9. The van der Waals surface area contributed by atoms with E-state index >= 15 is 0 Å². The molecule has 9 unspecified atom stereocenters. The summed E-state index contributed by atoms with van der Waals surface area (Å²) in [4.78, 5) is 54.3. The minimum Gasteiger partial charge on any atom is -0.280 e. The lowest BCUT2D eigenvalue weighted by Gasteiger charge is -2.28. The molecule has 6 nitrogen and oxygen atoms in total. The fourth-order valence-electron chi connectivity index (χ4n) is 6.85.